The number of hydrogen-bond acceptors (Lipinski definition) is 6. The summed E-state index contributed by atoms with van der Waals surface area (Å²) in [5, 5.41) is 11.2. The maximum absolute atomic E-state index is 12.7. The molecule has 1 amide bonds. The quantitative estimate of drug-likeness (QED) is 0.463. The number of aryl methyl sites for hydroxylation is 1. The Bertz CT molecular complexity index is 1120. The molecule has 0 aliphatic carbocycles. The van der Waals surface area contributed by atoms with Crippen molar-refractivity contribution in [2.45, 2.75) is 19.9 Å². The van der Waals surface area contributed by atoms with E-state index in [0.717, 1.165) is 16.6 Å². The van der Waals surface area contributed by atoms with E-state index in [1.165, 1.54) is 29.5 Å². The van der Waals surface area contributed by atoms with Gasteiger partial charge in [-0.25, -0.2) is 0 Å². The van der Waals surface area contributed by atoms with E-state index in [1.54, 1.807) is 32.4 Å². The van der Waals surface area contributed by atoms with Crippen LogP contribution in [0, 0.1) is 10.1 Å². The Morgan fingerprint density at radius 1 is 1.18 bits per heavy atom. The Kier molecular flexibility index (Phi) is 5.74. The molecule has 0 fully saturated rings. The van der Waals surface area contributed by atoms with Crippen molar-refractivity contribution in [3.8, 4) is 11.5 Å². The molecule has 1 aromatic heterocycles. The first-order valence-electron chi connectivity index (χ1n) is 8.58. The van der Waals surface area contributed by atoms with Gasteiger partial charge >= 0.3 is 0 Å². The third kappa shape index (κ3) is 3.48. The largest absolute Gasteiger partial charge is 0.495 e. The number of fused-ring (bicyclic) bond motifs is 1. The average Bonchev–Trinajstić information content (AvgIpc) is 3.05. The highest BCUT2D eigenvalue weighted by Crippen LogP contribution is 2.35. The van der Waals surface area contributed by atoms with Crippen molar-refractivity contribution in [1.82, 2.24) is 4.57 Å². The lowest BCUT2D eigenvalue weighted by Gasteiger charge is -2.09. The number of carbonyl (C=O) groups is 1. The fraction of sp³-hybridized carbons (Fsp3) is 0.263. The number of aromatic nitrogens is 1. The number of nitro groups is 1. The van der Waals surface area contributed by atoms with Gasteiger partial charge in [-0.15, -0.1) is 0 Å². The van der Waals surface area contributed by atoms with E-state index >= 15 is 0 Å². The molecule has 8 nitrogen and oxygen atoms in total. The highest BCUT2D eigenvalue weighted by molar-refractivity contribution is 7.16. The van der Waals surface area contributed by atoms with Crippen molar-refractivity contribution >= 4 is 33.1 Å². The Morgan fingerprint density at radius 3 is 2.50 bits per heavy atom. The molecular weight excluding hydrogens is 382 g/mol. The molecule has 0 spiro atoms. The lowest BCUT2D eigenvalue weighted by molar-refractivity contribution is -0.385. The number of hydrogen-bond donors (Lipinski definition) is 0. The van der Waals surface area contributed by atoms with Gasteiger partial charge in [0.1, 0.15) is 27.3 Å². The first-order chi connectivity index (χ1) is 13.5. The molecule has 0 atom stereocenters. The number of ether oxygens (including phenoxy) is 2. The molecule has 0 bridgehead atoms. The summed E-state index contributed by atoms with van der Waals surface area (Å²) in [5.74, 6) is 0.618. The molecule has 3 rings (SSSR count). The van der Waals surface area contributed by atoms with E-state index in [1.807, 2.05) is 11.5 Å². The van der Waals surface area contributed by atoms with Gasteiger partial charge in [0.15, 0.2) is 4.80 Å². The molecule has 28 heavy (non-hydrogen) atoms. The van der Waals surface area contributed by atoms with E-state index in [4.69, 9.17) is 9.47 Å². The molecule has 0 unspecified atom stereocenters. The number of nitrogens with zero attached hydrogens (tertiary/aromatic N) is 3. The molecule has 0 aliphatic heterocycles. The number of methoxy groups -OCH3 is 2. The number of carbonyl (C=O) groups excluding carboxylic acids is 1. The van der Waals surface area contributed by atoms with E-state index in [2.05, 4.69) is 4.99 Å². The molecule has 1 heterocycles. The van der Waals surface area contributed by atoms with Gasteiger partial charge in [-0.3, -0.25) is 14.9 Å². The van der Waals surface area contributed by atoms with Crippen molar-refractivity contribution in [2.75, 3.05) is 14.2 Å². The van der Waals surface area contributed by atoms with Crippen LogP contribution < -0.4 is 14.3 Å². The third-order valence-corrected chi connectivity index (χ3v) is 5.26. The van der Waals surface area contributed by atoms with E-state index < -0.39 is 10.8 Å². The van der Waals surface area contributed by atoms with E-state index in [0.29, 0.717) is 22.8 Å². The van der Waals surface area contributed by atoms with Crippen LogP contribution in [0.25, 0.3) is 10.2 Å². The summed E-state index contributed by atoms with van der Waals surface area (Å²) in [7, 11) is 3.14. The second-order valence-electron chi connectivity index (χ2n) is 5.88. The predicted molar refractivity (Wildman–Crippen MR) is 106 cm³/mol. The molecule has 146 valence electrons. The van der Waals surface area contributed by atoms with Crippen LogP contribution in [0.15, 0.2) is 41.4 Å². The maximum atomic E-state index is 12.7. The zero-order valence-corrected chi connectivity index (χ0v) is 16.5. The van der Waals surface area contributed by atoms with Crippen molar-refractivity contribution < 1.29 is 19.2 Å². The van der Waals surface area contributed by atoms with Gasteiger partial charge < -0.3 is 14.0 Å². The second kappa shape index (κ2) is 8.22. The van der Waals surface area contributed by atoms with Gasteiger partial charge in [0.25, 0.3) is 11.6 Å². The van der Waals surface area contributed by atoms with Crippen LogP contribution in [0.2, 0.25) is 0 Å². The SMILES string of the molecule is CCCn1c(=NC(=O)c2ccccc2[N+](=O)[O-])sc2c(OC)ccc(OC)c21. The maximum Gasteiger partial charge on any atom is 0.286 e. The zero-order chi connectivity index (χ0) is 20.3. The van der Waals surface area contributed by atoms with Crippen LogP contribution in [0.3, 0.4) is 0 Å². The van der Waals surface area contributed by atoms with Crippen molar-refractivity contribution in [3.63, 3.8) is 0 Å². The number of rotatable bonds is 6. The van der Waals surface area contributed by atoms with Crippen molar-refractivity contribution in [3.05, 3.63) is 56.9 Å². The second-order valence-corrected chi connectivity index (χ2v) is 6.85. The van der Waals surface area contributed by atoms with Crippen molar-refractivity contribution in [1.29, 1.82) is 0 Å². The van der Waals surface area contributed by atoms with Gasteiger partial charge in [0.2, 0.25) is 0 Å². The number of nitro benzene ring substituents is 1. The van der Waals surface area contributed by atoms with Crippen molar-refractivity contribution in [2.24, 2.45) is 4.99 Å². The van der Waals surface area contributed by atoms with Crippen LogP contribution in [-0.4, -0.2) is 29.6 Å². The van der Waals surface area contributed by atoms with E-state index in [9.17, 15) is 14.9 Å². The number of benzene rings is 2. The van der Waals surface area contributed by atoms with Crippen LogP contribution in [0.4, 0.5) is 5.69 Å². The number of para-hydroxylation sites is 1. The summed E-state index contributed by atoms with van der Waals surface area (Å²) >= 11 is 1.28. The Labute approximate surface area is 164 Å². The highest BCUT2D eigenvalue weighted by Gasteiger charge is 2.20. The molecule has 0 N–H and O–H groups in total. The minimum atomic E-state index is -0.665. The Morgan fingerprint density at radius 2 is 1.86 bits per heavy atom. The first-order valence-corrected chi connectivity index (χ1v) is 9.40. The highest BCUT2D eigenvalue weighted by atomic mass is 32.1. The summed E-state index contributed by atoms with van der Waals surface area (Å²) in [6.07, 6.45) is 0.805. The monoisotopic (exact) mass is 401 g/mol. The fourth-order valence-electron chi connectivity index (χ4n) is 2.93. The van der Waals surface area contributed by atoms with Crippen LogP contribution in [0.1, 0.15) is 23.7 Å². The van der Waals surface area contributed by atoms with Gasteiger partial charge in [-0.2, -0.15) is 4.99 Å². The molecular formula is C19H19N3O5S. The topological polar surface area (TPSA) is 96.0 Å². The smallest absolute Gasteiger partial charge is 0.286 e. The Hall–Kier alpha value is -3.20. The molecule has 0 aliphatic rings. The normalized spacial score (nSPS) is 11.6. The van der Waals surface area contributed by atoms with Gasteiger partial charge in [0, 0.05) is 12.6 Å². The van der Waals surface area contributed by atoms with E-state index in [-0.39, 0.29) is 11.3 Å². The fourth-order valence-corrected chi connectivity index (χ4v) is 4.09. The molecule has 2 aromatic carbocycles. The first kappa shape index (κ1) is 19.6. The molecule has 0 radical (unpaired) electrons. The van der Waals surface area contributed by atoms with Crippen LogP contribution in [0.5, 0.6) is 11.5 Å². The van der Waals surface area contributed by atoms with Gasteiger partial charge in [0.05, 0.1) is 19.1 Å². The summed E-state index contributed by atoms with van der Waals surface area (Å²) < 4.78 is 13.6. The third-order valence-electron chi connectivity index (χ3n) is 4.17. The summed E-state index contributed by atoms with van der Waals surface area (Å²) in [6.45, 7) is 2.61. The summed E-state index contributed by atoms with van der Waals surface area (Å²) in [5.41, 5.74) is 0.462. The molecule has 9 heteroatoms. The van der Waals surface area contributed by atoms with Crippen LogP contribution in [-0.2, 0) is 6.54 Å². The minimum Gasteiger partial charge on any atom is -0.495 e. The predicted octanol–water partition coefficient (Wildman–Crippen LogP) is 3.78. The van der Waals surface area contributed by atoms with Gasteiger partial charge in [-0.05, 0) is 24.6 Å². The summed E-state index contributed by atoms with van der Waals surface area (Å²) in [4.78, 5) is 28.0. The van der Waals surface area contributed by atoms with Gasteiger partial charge in [-0.1, -0.05) is 30.4 Å². The number of thiazole rings is 1. The molecule has 0 saturated carbocycles. The molecule has 0 saturated heterocycles. The lowest BCUT2D eigenvalue weighted by Crippen LogP contribution is -2.17. The summed E-state index contributed by atoms with van der Waals surface area (Å²) in [6, 6.07) is 9.38. The Balaban J connectivity index is 2.27. The lowest BCUT2D eigenvalue weighted by atomic mass is 10.2. The number of amides is 1. The zero-order valence-electron chi connectivity index (χ0n) is 15.7. The minimum absolute atomic E-state index is 0.0491. The standard InChI is InChI=1S/C19H19N3O5S/c1-4-11-21-16-14(26-2)9-10-15(27-3)17(16)28-19(21)20-18(23)12-7-5-6-8-13(12)22(24)25/h5-10H,4,11H2,1-3H3. The van der Waals surface area contributed by atoms with Crippen LogP contribution >= 0.6 is 11.3 Å². The average molecular weight is 401 g/mol. The molecule has 3 aromatic rings.